The van der Waals surface area contributed by atoms with Crippen LogP contribution in [0.15, 0.2) is 77.3 Å². The fourth-order valence-corrected chi connectivity index (χ4v) is 3.95. The SMILES string of the molecule is O=C(O)CN(C(=O)OCC1c2ccccc2-c2ccccc21)c1ccc(Br)cc1. The van der Waals surface area contributed by atoms with Crippen LogP contribution in [0.2, 0.25) is 0 Å². The first-order valence-corrected chi connectivity index (χ1v) is 9.94. The molecule has 1 aliphatic rings. The third-order valence-electron chi connectivity index (χ3n) is 4.99. The number of fused-ring (bicyclic) bond motifs is 3. The molecular formula is C23H18BrNO4. The smallest absolute Gasteiger partial charge is 0.414 e. The molecule has 1 amide bonds. The number of ether oxygens (including phenoxy) is 1. The second-order valence-corrected chi connectivity index (χ2v) is 7.68. The molecule has 0 aromatic heterocycles. The molecule has 0 saturated heterocycles. The van der Waals surface area contributed by atoms with Crippen molar-refractivity contribution in [1.29, 1.82) is 0 Å². The number of hydrogen-bond donors (Lipinski definition) is 1. The number of anilines is 1. The van der Waals surface area contributed by atoms with Crippen molar-refractivity contribution in [2.75, 3.05) is 18.1 Å². The van der Waals surface area contributed by atoms with Crippen LogP contribution in [-0.2, 0) is 9.53 Å². The molecule has 0 bridgehead atoms. The van der Waals surface area contributed by atoms with E-state index in [2.05, 4.69) is 28.1 Å². The maximum atomic E-state index is 12.8. The first-order chi connectivity index (χ1) is 14.0. The summed E-state index contributed by atoms with van der Waals surface area (Å²) >= 11 is 3.34. The Morgan fingerprint density at radius 2 is 1.45 bits per heavy atom. The molecule has 4 rings (SSSR count). The number of aliphatic carboxylic acids is 1. The molecule has 3 aromatic rings. The number of carbonyl (C=O) groups excluding carboxylic acids is 1. The Hall–Kier alpha value is -3.12. The van der Waals surface area contributed by atoms with Gasteiger partial charge in [-0.25, -0.2) is 4.79 Å². The zero-order chi connectivity index (χ0) is 20.4. The summed E-state index contributed by atoms with van der Waals surface area (Å²) in [7, 11) is 0. The molecule has 6 heteroatoms. The van der Waals surface area contributed by atoms with Gasteiger partial charge in [0.05, 0.1) is 0 Å². The van der Waals surface area contributed by atoms with Crippen LogP contribution in [0.1, 0.15) is 17.0 Å². The van der Waals surface area contributed by atoms with Gasteiger partial charge in [0.2, 0.25) is 0 Å². The summed E-state index contributed by atoms with van der Waals surface area (Å²) in [6.45, 7) is -0.336. The van der Waals surface area contributed by atoms with Gasteiger partial charge in [-0.05, 0) is 46.5 Å². The van der Waals surface area contributed by atoms with E-state index in [1.54, 1.807) is 24.3 Å². The van der Waals surface area contributed by atoms with E-state index in [1.807, 2.05) is 36.4 Å². The topological polar surface area (TPSA) is 66.8 Å². The Bertz CT molecular complexity index is 1020. The molecular weight excluding hydrogens is 434 g/mol. The summed E-state index contributed by atoms with van der Waals surface area (Å²) < 4.78 is 6.44. The molecule has 0 unspecified atom stereocenters. The van der Waals surface area contributed by atoms with E-state index in [-0.39, 0.29) is 12.5 Å². The number of nitrogens with zero attached hydrogens (tertiary/aromatic N) is 1. The summed E-state index contributed by atoms with van der Waals surface area (Å²) in [5, 5.41) is 9.23. The fourth-order valence-electron chi connectivity index (χ4n) is 3.69. The second-order valence-electron chi connectivity index (χ2n) is 6.76. The fraction of sp³-hybridized carbons (Fsp3) is 0.130. The zero-order valence-electron chi connectivity index (χ0n) is 15.4. The zero-order valence-corrected chi connectivity index (χ0v) is 17.0. The van der Waals surface area contributed by atoms with Crippen molar-refractivity contribution in [3.8, 4) is 11.1 Å². The molecule has 0 atom stereocenters. The number of rotatable bonds is 5. The van der Waals surface area contributed by atoms with Crippen molar-refractivity contribution in [3.05, 3.63) is 88.4 Å². The summed E-state index contributed by atoms with van der Waals surface area (Å²) in [5.74, 6) is -1.19. The Morgan fingerprint density at radius 1 is 0.897 bits per heavy atom. The minimum atomic E-state index is -1.11. The van der Waals surface area contributed by atoms with Crippen molar-refractivity contribution in [2.24, 2.45) is 0 Å². The summed E-state index contributed by atoms with van der Waals surface area (Å²) in [6, 6.07) is 23.0. The molecule has 1 N–H and O–H groups in total. The van der Waals surface area contributed by atoms with Crippen LogP contribution in [-0.4, -0.2) is 30.3 Å². The van der Waals surface area contributed by atoms with Gasteiger partial charge >= 0.3 is 12.1 Å². The maximum absolute atomic E-state index is 12.8. The monoisotopic (exact) mass is 451 g/mol. The minimum absolute atomic E-state index is 0.0806. The third kappa shape index (κ3) is 3.89. The minimum Gasteiger partial charge on any atom is -0.480 e. The lowest BCUT2D eigenvalue weighted by atomic mass is 9.98. The number of amides is 1. The number of carboxylic acids is 1. The maximum Gasteiger partial charge on any atom is 0.414 e. The number of hydrogen-bond acceptors (Lipinski definition) is 3. The average molecular weight is 452 g/mol. The predicted molar refractivity (Wildman–Crippen MR) is 114 cm³/mol. The molecule has 0 fully saturated rings. The average Bonchev–Trinajstić information content (AvgIpc) is 3.05. The van der Waals surface area contributed by atoms with E-state index in [9.17, 15) is 14.7 Å². The first-order valence-electron chi connectivity index (χ1n) is 9.14. The molecule has 0 spiro atoms. The van der Waals surface area contributed by atoms with Crippen LogP contribution < -0.4 is 4.90 Å². The van der Waals surface area contributed by atoms with Gasteiger partial charge in [0.25, 0.3) is 0 Å². The van der Waals surface area contributed by atoms with Gasteiger partial charge in [-0.2, -0.15) is 0 Å². The molecule has 3 aromatic carbocycles. The van der Waals surface area contributed by atoms with Crippen LogP contribution >= 0.6 is 15.9 Å². The lowest BCUT2D eigenvalue weighted by Crippen LogP contribution is -2.36. The lowest BCUT2D eigenvalue weighted by Gasteiger charge is -2.22. The van der Waals surface area contributed by atoms with Crippen LogP contribution in [0, 0.1) is 0 Å². The molecule has 0 aliphatic heterocycles. The molecule has 1 aliphatic carbocycles. The third-order valence-corrected chi connectivity index (χ3v) is 5.52. The lowest BCUT2D eigenvalue weighted by molar-refractivity contribution is -0.135. The molecule has 146 valence electrons. The number of halogens is 1. The molecule has 29 heavy (non-hydrogen) atoms. The summed E-state index contributed by atoms with van der Waals surface area (Å²) in [6.07, 6.45) is -0.684. The van der Waals surface area contributed by atoms with E-state index in [4.69, 9.17) is 4.74 Å². The largest absolute Gasteiger partial charge is 0.480 e. The number of carboxylic acid groups (broad SMARTS) is 1. The van der Waals surface area contributed by atoms with Gasteiger partial charge in [-0.1, -0.05) is 64.5 Å². The van der Waals surface area contributed by atoms with Gasteiger partial charge in [-0.3, -0.25) is 9.69 Å². The normalized spacial score (nSPS) is 12.2. The van der Waals surface area contributed by atoms with Crippen LogP contribution in [0.4, 0.5) is 10.5 Å². The molecule has 0 saturated carbocycles. The van der Waals surface area contributed by atoms with Crippen LogP contribution in [0.3, 0.4) is 0 Å². The Morgan fingerprint density at radius 3 is 2.00 bits per heavy atom. The van der Waals surface area contributed by atoms with Gasteiger partial charge in [0.1, 0.15) is 13.2 Å². The number of carbonyl (C=O) groups is 2. The van der Waals surface area contributed by atoms with Gasteiger partial charge in [-0.15, -0.1) is 0 Å². The van der Waals surface area contributed by atoms with E-state index in [0.717, 1.165) is 31.6 Å². The van der Waals surface area contributed by atoms with Crippen molar-refractivity contribution in [1.82, 2.24) is 0 Å². The van der Waals surface area contributed by atoms with Crippen LogP contribution in [0.25, 0.3) is 11.1 Å². The van der Waals surface area contributed by atoms with E-state index in [0.29, 0.717) is 5.69 Å². The molecule has 5 nitrogen and oxygen atoms in total. The Labute approximate surface area is 176 Å². The molecule has 0 radical (unpaired) electrons. The first kappa shape index (κ1) is 19.2. The van der Waals surface area contributed by atoms with Gasteiger partial charge in [0.15, 0.2) is 0 Å². The highest BCUT2D eigenvalue weighted by molar-refractivity contribution is 9.10. The standard InChI is InChI=1S/C23H18BrNO4/c24-15-9-11-16(12-10-15)25(13-22(26)27)23(28)29-14-21-19-7-3-1-5-17(19)18-6-2-4-8-20(18)21/h1-12,21H,13-14H2,(H,26,27). The second kappa shape index (κ2) is 8.09. The highest BCUT2D eigenvalue weighted by atomic mass is 79.9. The summed E-state index contributed by atoms with van der Waals surface area (Å²) in [4.78, 5) is 25.2. The molecule has 0 heterocycles. The predicted octanol–water partition coefficient (Wildman–Crippen LogP) is 5.29. The van der Waals surface area contributed by atoms with Crippen LogP contribution in [0.5, 0.6) is 0 Å². The van der Waals surface area contributed by atoms with Gasteiger partial charge in [0, 0.05) is 16.1 Å². The number of benzene rings is 3. The quantitative estimate of drug-likeness (QED) is 0.572. The summed E-state index contributed by atoms with van der Waals surface area (Å²) in [5.41, 5.74) is 4.96. The van der Waals surface area contributed by atoms with Gasteiger partial charge < -0.3 is 9.84 Å². The van der Waals surface area contributed by atoms with E-state index < -0.39 is 18.6 Å². The van der Waals surface area contributed by atoms with E-state index >= 15 is 0 Å². The van der Waals surface area contributed by atoms with Crippen molar-refractivity contribution < 1.29 is 19.4 Å². The van der Waals surface area contributed by atoms with Crippen molar-refractivity contribution in [3.63, 3.8) is 0 Å². The highest BCUT2D eigenvalue weighted by Crippen LogP contribution is 2.44. The van der Waals surface area contributed by atoms with E-state index in [1.165, 1.54) is 0 Å². The van der Waals surface area contributed by atoms with Crippen molar-refractivity contribution >= 4 is 33.7 Å². The van der Waals surface area contributed by atoms with Crippen molar-refractivity contribution in [2.45, 2.75) is 5.92 Å². The Kier molecular flexibility index (Phi) is 5.36. The highest BCUT2D eigenvalue weighted by Gasteiger charge is 2.30. The Balaban J connectivity index is 1.56.